The molecule has 0 saturated heterocycles. The van der Waals surface area contributed by atoms with E-state index in [1.807, 2.05) is 0 Å². The maximum atomic E-state index is 12.1. The van der Waals surface area contributed by atoms with Crippen LogP contribution in [0.4, 0.5) is 0 Å². The Balaban J connectivity index is 1.74. The molecule has 0 aromatic carbocycles. The maximum absolute atomic E-state index is 12.1. The van der Waals surface area contributed by atoms with E-state index in [1.54, 1.807) is 31.4 Å². The Kier molecular flexibility index (Phi) is 3.60. The number of fused-ring (bicyclic) bond motifs is 1. The fraction of sp³-hybridized carbons (Fsp3) is 0.400. The Morgan fingerprint density at radius 1 is 1.52 bits per heavy atom. The highest BCUT2D eigenvalue weighted by atomic mass is 16.3. The molecule has 110 valence electrons. The first-order valence-electron chi connectivity index (χ1n) is 7.07. The third kappa shape index (κ3) is 2.74. The highest BCUT2D eigenvalue weighted by Crippen LogP contribution is 2.18. The van der Waals surface area contributed by atoms with E-state index in [-0.39, 0.29) is 11.5 Å². The third-order valence-electron chi connectivity index (χ3n) is 3.75. The molecule has 3 rings (SSSR count). The summed E-state index contributed by atoms with van der Waals surface area (Å²) in [5.41, 5.74) is 1.72. The van der Waals surface area contributed by atoms with Crippen LogP contribution < -0.4 is 10.9 Å². The van der Waals surface area contributed by atoms with Gasteiger partial charge in [0.2, 0.25) is 5.91 Å². The number of hydrogen-bond acceptors (Lipinski definition) is 4. The number of aryl methyl sites for hydroxylation is 2. The number of carbonyl (C=O) groups excluding carboxylic acids is 1. The van der Waals surface area contributed by atoms with Crippen molar-refractivity contribution >= 4 is 5.91 Å². The van der Waals surface area contributed by atoms with Crippen molar-refractivity contribution in [1.82, 2.24) is 15.1 Å². The molecule has 6 nitrogen and oxygen atoms in total. The molecular formula is C15H17N3O3. The lowest BCUT2D eigenvalue weighted by Crippen LogP contribution is -2.37. The largest absolute Gasteiger partial charge is 0.467 e. The molecule has 2 heterocycles. The minimum atomic E-state index is -0.640. The predicted molar refractivity (Wildman–Crippen MR) is 75.8 cm³/mol. The summed E-state index contributed by atoms with van der Waals surface area (Å²) >= 11 is 0. The highest BCUT2D eigenvalue weighted by Gasteiger charge is 2.21. The Morgan fingerprint density at radius 3 is 3.14 bits per heavy atom. The highest BCUT2D eigenvalue weighted by molar-refractivity contribution is 5.79. The predicted octanol–water partition coefficient (Wildman–Crippen LogP) is 1.20. The second kappa shape index (κ2) is 5.55. The van der Waals surface area contributed by atoms with Crippen LogP contribution in [0, 0.1) is 0 Å². The molecule has 1 atom stereocenters. The minimum Gasteiger partial charge on any atom is -0.467 e. The Bertz CT molecular complexity index is 703. The average molecular weight is 287 g/mol. The smallest absolute Gasteiger partial charge is 0.267 e. The molecule has 2 aromatic rings. The second-order valence-electron chi connectivity index (χ2n) is 5.23. The van der Waals surface area contributed by atoms with Crippen LogP contribution in [-0.4, -0.2) is 15.7 Å². The minimum absolute atomic E-state index is 0.226. The average Bonchev–Trinajstić information content (AvgIpc) is 3.13. The summed E-state index contributed by atoms with van der Waals surface area (Å²) in [4.78, 5) is 24.2. The van der Waals surface area contributed by atoms with Crippen LogP contribution in [-0.2, 0) is 24.2 Å². The van der Waals surface area contributed by atoms with Gasteiger partial charge < -0.3 is 9.73 Å². The summed E-state index contributed by atoms with van der Waals surface area (Å²) in [6.07, 6.45) is 4.34. The second-order valence-corrected chi connectivity index (χ2v) is 5.23. The summed E-state index contributed by atoms with van der Waals surface area (Å²) in [6.45, 7) is 1.98. The van der Waals surface area contributed by atoms with Gasteiger partial charge in [0, 0.05) is 6.07 Å². The fourth-order valence-corrected chi connectivity index (χ4v) is 2.54. The first-order valence-corrected chi connectivity index (χ1v) is 7.07. The van der Waals surface area contributed by atoms with Crippen LogP contribution in [0.5, 0.6) is 0 Å². The molecule has 0 fully saturated rings. The zero-order valence-corrected chi connectivity index (χ0v) is 11.8. The van der Waals surface area contributed by atoms with Crippen LogP contribution in [0.1, 0.15) is 36.4 Å². The molecular weight excluding hydrogens is 270 g/mol. The van der Waals surface area contributed by atoms with Crippen LogP contribution >= 0.6 is 0 Å². The van der Waals surface area contributed by atoms with Crippen molar-refractivity contribution < 1.29 is 9.21 Å². The Morgan fingerprint density at radius 2 is 2.38 bits per heavy atom. The van der Waals surface area contributed by atoms with E-state index in [2.05, 4.69) is 10.4 Å². The normalized spacial score (nSPS) is 14.7. The van der Waals surface area contributed by atoms with Crippen molar-refractivity contribution in [3.05, 3.63) is 51.8 Å². The molecule has 1 unspecified atom stereocenters. The van der Waals surface area contributed by atoms with Crippen molar-refractivity contribution in [1.29, 1.82) is 0 Å². The van der Waals surface area contributed by atoms with Gasteiger partial charge in [0.25, 0.3) is 5.56 Å². The molecule has 21 heavy (non-hydrogen) atoms. The van der Waals surface area contributed by atoms with E-state index in [0.29, 0.717) is 12.3 Å². The quantitative estimate of drug-likeness (QED) is 0.916. The molecule has 1 aliphatic carbocycles. The number of aromatic nitrogens is 2. The number of nitrogens with one attached hydrogen (secondary N) is 1. The number of nitrogens with zero attached hydrogens (tertiary/aromatic N) is 2. The van der Waals surface area contributed by atoms with Gasteiger partial charge in [-0.3, -0.25) is 9.59 Å². The van der Waals surface area contributed by atoms with Crippen LogP contribution in [0.15, 0.2) is 33.7 Å². The monoisotopic (exact) mass is 287 g/mol. The summed E-state index contributed by atoms with van der Waals surface area (Å²) in [5.74, 6) is 0.420. The molecule has 1 N–H and O–H groups in total. The van der Waals surface area contributed by atoms with E-state index in [4.69, 9.17) is 4.42 Å². The molecule has 1 amide bonds. The van der Waals surface area contributed by atoms with E-state index < -0.39 is 6.04 Å². The fourth-order valence-electron chi connectivity index (χ4n) is 2.54. The van der Waals surface area contributed by atoms with Gasteiger partial charge in [0.05, 0.1) is 18.5 Å². The van der Waals surface area contributed by atoms with E-state index in [1.165, 1.54) is 4.68 Å². The van der Waals surface area contributed by atoms with Gasteiger partial charge in [-0.05, 0) is 43.9 Å². The molecule has 0 radical (unpaired) electrons. The first-order chi connectivity index (χ1) is 10.1. The summed E-state index contributed by atoms with van der Waals surface area (Å²) in [7, 11) is 0. The molecule has 1 aliphatic rings. The van der Waals surface area contributed by atoms with Gasteiger partial charge in [-0.1, -0.05) is 0 Å². The zero-order chi connectivity index (χ0) is 14.8. The van der Waals surface area contributed by atoms with Gasteiger partial charge in [0.15, 0.2) is 0 Å². The van der Waals surface area contributed by atoms with Crippen molar-refractivity contribution in [3.63, 3.8) is 0 Å². The van der Waals surface area contributed by atoms with Gasteiger partial charge in [-0.2, -0.15) is 5.10 Å². The van der Waals surface area contributed by atoms with Crippen molar-refractivity contribution in [2.75, 3.05) is 0 Å². The van der Waals surface area contributed by atoms with Crippen molar-refractivity contribution in [2.24, 2.45) is 0 Å². The van der Waals surface area contributed by atoms with Crippen LogP contribution in [0.3, 0.4) is 0 Å². The number of rotatable bonds is 4. The van der Waals surface area contributed by atoms with Gasteiger partial charge in [0.1, 0.15) is 11.8 Å². The van der Waals surface area contributed by atoms with Gasteiger partial charge >= 0.3 is 0 Å². The van der Waals surface area contributed by atoms with E-state index >= 15 is 0 Å². The first kappa shape index (κ1) is 13.6. The molecule has 0 spiro atoms. The maximum Gasteiger partial charge on any atom is 0.267 e. The summed E-state index contributed by atoms with van der Waals surface area (Å²) in [5, 5.41) is 7.08. The molecule has 0 bridgehead atoms. The molecule has 0 saturated carbocycles. The summed E-state index contributed by atoms with van der Waals surface area (Å²) < 4.78 is 6.42. The Labute approximate surface area is 121 Å². The molecule has 6 heteroatoms. The van der Waals surface area contributed by atoms with E-state index in [9.17, 15) is 9.59 Å². The van der Waals surface area contributed by atoms with Crippen LogP contribution in [0.25, 0.3) is 0 Å². The zero-order valence-electron chi connectivity index (χ0n) is 11.8. The van der Waals surface area contributed by atoms with Crippen molar-refractivity contribution in [3.8, 4) is 0 Å². The number of hydrogen-bond donors (Lipinski definition) is 1. The lowest BCUT2D eigenvalue weighted by Gasteiger charge is -2.14. The number of carbonyl (C=O) groups is 1. The van der Waals surface area contributed by atoms with Crippen molar-refractivity contribution in [2.45, 2.75) is 38.8 Å². The standard InChI is InChI=1S/C15H17N3O3/c1-10(15(20)16-9-12-5-3-7-21-12)18-14(19)8-11-4-2-6-13(11)17-18/h3,5,7-8,10H,2,4,6,9H2,1H3,(H,16,20). The van der Waals surface area contributed by atoms with Gasteiger partial charge in [-0.25, -0.2) is 4.68 Å². The number of furan rings is 1. The third-order valence-corrected chi connectivity index (χ3v) is 3.75. The lowest BCUT2D eigenvalue weighted by atomic mass is 10.2. The molecule has 0 aliphatic heterocycles. The number of amides is 1. The summed E-state index contributed by atoms with van der Waals surface area (Å²) in [6, 6.07) is 4.51. The topological polar surface area (TPSA) is 77.1 Å². The lowest BCUT2D eigenvalue weighted by molar-refractivity contribution is -0.124. The van der Waals surface area contributed by atoms with E-state index in [0.717, 1.165) is 30.5 Å². The van der Waals surface area contributed by atoms with Gasteiger partial charge in [-0.15, -0.1) is 0 Å². The Hall–Kier alpha value is -2.37. The van der Waals surface area contributed by atoms with Crippen LogP contribution in [0.2, 0.25) is 0 Å². The molecule has 2 aromatic heterocycles. The SMILES string of the molecule is CC(C(=O)NCc1ccco1)n1nc2c(cc1=O)CCC2.